The fraction of sp³-hybridized carbons (Fsp3) is 0.250. The maximum absolute atomic E-state index is 12.3. The van der Waals surface area contributed by atoms with Crippen LogP contribution in [0.15, 0.2) is 23.2 Å². The van der Waals surface area contributed by atoms with Crippen molar-refractivity contribution in [2.75, 3.05) is 17.1 Å². The highest BCUT2D eigenvalue weighted by Crippen LogP contribution is 2.23. The monoisotopic (exact) mass is 327 g/mol. The zero-order valence-electron chi connectivity index (χ0n) is 11.7. The Hall–Kier alpha value is -1.93. The van der Waals surface area contributed by atoms with Crippen LogP contribution in [0, 0.1) is 13.8 Å². The van der Waals surface area contributed by atoms with Gasteiger partial charge in [-0.25, -0.2) is 28.1 Å². The zero-order valence-corrected chi connectivity index (χ0v) is 13.2. The van der Waals surface area contributed by atoms with Gasteiger partial charge in [0.2, 0.25) is 5.95 Å². The predicted molar refractivity (Wildman–Crippen MR) is 81.1 cm³/mol. The zero-order chi connectivity index (χ0) is 15.6. The molecule has 2 heterocycles. The lowest BCUT2D eigenvalue weighted by Gasteiger charge is -2.09. The van der Waals surface area contributed by atoms with Gasteiger partial charge in [-0.05, 0) is 26.0 Å². The summed E-state index contributed by atoms with van der Waals surface area (Å²) in [4.78, 5) is 11.9. The van der Waals surface area contributed by atoms with Gasteiger partial charge < -0.3 is 5.32 Å². The van der Waals surface area contributed by atoms with Gasteiger partial charge in [0.05, 0.1) is 5.02 Å². The van der Waals surface area contributed by atoms with Crippen LogP contribution < -0.4 is 10.0 Å². The van der Waals surface area contributed by atoms with Crippen LogP contribution in [-0.2, 0) is 10.0 Å². The number of hydrogen-bond donors (Lipinski definition) is 2. The van der Waals surface area contributed by atoms with E-state index in [4.69, 9.17) is 11.6 Å². The smallest absolute Gasteiger partial charge is 0.265 e. The topological polar surface area (TPSA) is 96.9 Å². The first-order valence-corrected chi connectivity index (χ1v) is 7.86. The SMILES string of the molecule is CNc1ncc(S(=O)(=O)Nc2nc(C)cc(C)n2)cc1Cl. The molecule has 0 radical (unpaired) electrons. The van der Waals surface area contributed by atoms with Gasteiger partial charge in [-0.15, -0.1) is 0 Å². The minimum atomic E-state index is -3.84. The van der Waals surface area contributed by atoms with Crippen LogP contribution in [0.2, 0.25) is 5.02 Å². The van der Waals surface area contributed by atoms with Crippen molar-refractivity contribution in [1.82, 2.24) is 15.0 Å². The van der Waals surface area contributed by atoms with Gasteiger partial charge in [0.1, 0.15) is 10.7 Å². The van der Waals surface area contributed by atoms with Gasteiger partial charge in [0.25, 0.3) is 10.0 Å². The Kier molecular flexibility index (Phi) is 4.29. The van der Waals surface area contributed by atoms with E-state index in [0.717, 1.165) is 0 Å². The number of aryl methyl sites for hydroxylation is 2. The molecule has 0 spiro atoms. The summed E-state index contributed by atoms with van der Waals surface area (Å²) in [5.41, 5.74) is 1.34. The fourth-order valence-corrected chi connectivity index (χ4v) is 2.94. The van der Waals surface area contributed by atoms with Crippen molar-refractivity contribution in [2.24, 2.45) is 0 Å². The Morgan fingerprint density at radius 2 is 1.76 bits per heavy atom. The standard InChI is InChI=1S/C12H14ClN5O2S/c1-7-4-8(2)17-12(16-7)18-21(19,20)9-5-10(13)11(14-3)15-6-9/h4-6H,1-3H3,(H,14,15)(H,16,17,18). The van der Waals surface area contributed by atoms with Gasteiger partial charge >= 0.3 is 0 Å². The van der Waals surface area contributed by atoms with E-state index in [0.29, 0.717) is 17.2 Å². The third kappa shape index (κ3) is 3.59. The summed E-state index contributed by atoms with van der Waals surface area (Å²) in [6, 6.07) is 3.06. The third-order valence-electron chi connectivity index (χ3n) is 2.57. The normalized spacial score (nSPS) is 11.2. The molecule has 0 saturated heterocycles. The molecule has 0 aliphatic rings. The number of aromatic nitrogens is 3. The molecule has 2 rings (SSSR count). The first-order chi connectivity index (χ1) is 9.81. The molecule has 0 bridgehead atoms. The molecule has 21 heavy (non-hydrogen) atoms. The molecule has 0 fully saturated rings. The molecule has 0 aliphatic heterocycles. The summed E-state index contributed by atoms with van der Waals surface area (Å²) in [5, 5.41) is 2.97. The highest BCUT2D eigenvalue weighted by Gasteiger charge is 2.18. The first kappa shape index (κ1) is 15.5. The highest BCUT2D eigenvalue weighted by atomic mass is 35.5. The molecule has 9 heteroatoms. The number of sulfonamides is 1. The molecule has 0 aliphatic carbocycles. The van der Waals surface area contributed by atoms with Crippen LogP contribution >= 0.6 is 11.6 Å². The fourth-order valence-electron chi connectivity index (χ4n) is 1.70. The van der Waals surface area contributed by atoms with Gasteiger partial charge in [0.15, 0.2) is 0 Å². The molecule has 0 amide bonds. The van der Waals surface area contributed by atoms with E-state index in [1.54, 1.807) is 27.0 Å². The van der Waals surface area contributed by atoms with E-state index >= 15 is 0 Å². The number of hydrogen-bond acceptors (Lipinski definition) is 6. The maximum atomic E-state index is 12.3. The summed E-state index contributed by atoms with van der Waals surface area (Å²) in [7, 11) is -2.20. The number of nitrogens with zero attached hydrogens (tertiary/aromatic N) is 3. The van der Waals surface area contributed by atoms with E-state index in [-0.39, 0.29) is 15.9 Å². The highest BCUT2D eigenvalue weighted by molar-refractivity contribution is 7.92. The molecule has 2 N–H and O–H groups in total. The molecule has 0 aromatic carbocycles. The van der Waals surface area contributed by atoms with Crippen molar-refractivity contribution < 1.29 is 8.42 Å². The van der Waals surface area contributed by atoms with Crippen molar-refractivity contribution >= 4 is 33.4 Å². The predicted octanol–water partition coefficient (Wildman–Crippen LogP) is 1.98. The van der Waals surface area contributed by atoms with Crippen molar-refractivity contribution in [3.63, 3.8) is 0 Å². The van der Waals surface area contributed by atoms with Crippen molar-refractivity contribution in [1.29, 1.82) is 0 Å². The number of nitrogens with one attached hydrogen (secondary N) is 2. The van der Waals surface area contributed by atoms with E-state index < -0.39 is 10.0 Å². The Labute approximate surface area is 127 Å². The lowest BCUT2D eigenvalue weighted by molar-refractivity contribution is 0.600. The molecular weight excluding hydrogens is 314 g/mol. The van der Waals surface area contributed by atoms with Crippen LogP contribution in [-0.4, -0.2) is 30.4 Å². The minimum Gasteiger partial charge on any atom is -0.372 e. The third-order valence-corrected chi connectivity index (χ3v) is 4.15. The van der Waals surface area contributed by atoms with Crippen LogP contribution in [0.25, 0.3) is 0 Å². The van der Waals surface area contributed by atoms with Gasteiger partial charge in [-0.2, -0.15) is 0 Å². The average molecular weight is 328 g/mol. The quantitative estimate of drug-likeness (QED) is 0.891. The molecule has 2 aromatic rings. The number of pyridine rings is 1. The second-order valence-corrected chi connectivity index (χ2v) is 6.42. The summed E-state index contributed by atoms with van der Waals surface area (Å²) in [5.74, 6) is 0.416. The number of anilines is 2. The second-order valence-electron chi connectivity index (χ2n) is 4.33. The van der Waals surface area contributed by atoms with Gasteiger partial charge in [-0.3, -0.25) is 0 Å². The molecule has 7 nitrogen and oxygen atoms in total. The molecule has 0 atom stereocenters. The summed E-state index contributed by atoms with van der Waals surface area (Å²) in [6.45, 7) is 3.51. The molecular formula is C12H14ClN5O2S. The van der Waals surface area contributed by atoms with E-state index in [9.17, 15) is 8.42 Å². The van der Waals surface area contributed by atoms with Crippen LogP contribution in [0.3, 0.4) is 0 Å². The minimum absolute atomic E-state index is 0.0151. The Balaban J connectivity index is 2.36. The van der Waals surface area contributed by atoms with E-state index in [1.165, 1.54) is 12.3 Å². The maximum Gasteiger partial charge on any atom is 0.265 e. The average Bonchev–Trinajstić information content (AvgIpc) is 2.36. The largest absolute Gasteiger partial charge is 0.372 e. The lowest BCUT2D eigenvalue weighted by atomic mass is 10.4. The molecule has 0 unspecified atom stereocenters. The van der Waals surface area contributed by atoms with E-state index in [1.807, 2.05) is 0 Å². The van der Waals surface area contributed by atoms with Crippen molar-refractivity contribution in [2.45, 2.75) is 18.7 Å². The summed E-state index contributed by atoms with van der Waals surface area (Å²) < 4.78 is 26.8. The molecule has 0 saturated carbocycles. The summed E-state index contributed by atoms with van der Waals surface area (Å²) in [6.07, 6.45) is 1.21. The second kappa shape index (κ2) is 5.82. The Morgan fingerprint density at radius 3 is 2.29 bits per heavy atom. The molecule has 2 aromatic heterocycles. The van der Waals surface area contributed by atoms with Gasteiger partial charge in [-0.1, -0.05) is 11.6 Å². The number of rotatable bonds is 4. The van der Waals surface area contributed by atoms with Gasteiger partial charge in [0, 0.05) is 24.6 Å². The summed E-state index contributed by atoms with van der Waals surface area (Å²) >= 11 is 5.94. The lowest BCUT2D eigenvalue weighted by Crippen LogP contribution is -2.16. The van der Waals surface area contributed by atoms with Crippen LogP contribution in [0.4, 0.5) is 11.8 Å². The molecule has 112 valence electrons. The Morgan fingerprint density at radius 1 is 1.14 bits per heavy atom. The van der Waals surface area contributed by atoms with E-state index in [2.05, 4.69) is 25.0 Å². The van der Waals surface area contributed by atoms with Crippen LogP contribution in [0.1, 0.15) is 11.4 Å². The number of halogens is 1. The van der Waals surface area contributed by atoms with Crippen LogP contribution in [0.5, 0.6) is 0 Å². The van der Waals surface area contributed by atoms with Crippen molar-refractivity contribution in [3.05, 3.63) is 34.7 Å². The Bertz CT molecular complexity index is 759. The first-order valence-electron chi connectivity index (χ1n) is 6.00. The van der Waals surface area contributed by atoms with Crippen molar-refractivity contribution in [3.8, 4) is 0 Å².